The van der Waals surface area contributed by atoms with Gasteiger partial charge in [0, 0.05) is 18.8 Å². The molecule has 0 spiro atoms. The molecule has 2 heterocycles. The van der Waals surface area contributed by atoms with Crippen molar-refractivity contribution >= 4 is 0 Å². The molecule has 2 aromatic rings. The second-order valence-electron chi connectivity index (χ2n) is 6.35. The lowest BCUT2D eigenvalue weighted by atomic mass is 10.0. The zero-order chi connectivity index (χ0) is 18.0. The van der Waals surface area contributed by atoms with Crippen LogP contribution < -0.4 is 0 Å². The minimum atomic E-state index is -4.00. The highest BCUT2D eigenvalue weighted by molar-refractivity contribution is 5.54. The van der Waals surface area contributed by atoms with Crippen LogP contribution in [0.1, 0.15) is 56.9 Å². The molecule has 0 bridgehead atoms. The van der Waals surface area contributed by atoms with E-state index in [1.807, 2.05) is 30.5 Å². The predicted octanol–water partition coefficient (Wildman–Crippen LogP) is 6.37. The van der Waals surface area contributed by atoms with Crippen LogP contribution in [0, 0.1) is 0 Å². The van der Waals surface area contributed by atoms with Gasteiger partial charge in [-0.15, -0.1) is 0 Å². The SMILES string of the molecule is FC(F)(F)CCCCCCCCCc1ccnc(-c2ccccn2)c1. The molecule has 0 saturated heterocycles. The van der Waals surface area contributed by atoms with Gasteiger partial charge in [0.2, 0.25) is 0 Å². The molecular formula is C20H25F3N2. The van der Waals surface area contributed by atoms with E-state index in [0.717, 1.165) is 49.9 Å². The third-order valence-corrected chi connectivity index (χ3v) is 4.18. The van der Waals surface area contributed by atoms with Gasteiger partial charge in [-0.2, -0.15) is 13.2 Å². The Kier molecular flexibility index (Phi) is 7.89. The number of aromatic nitrogens is 2. The molecule has 0 aliphatic heterocycles. The zero-order valence-corrected chi connectivity index (χ0v) is 14.4. The van der Waals surface area contributed by atoms with E-state index in [1.54, 1.807) is 6.20 Å². The zero-order valence-electron chi connectivity index (χ0n) is 14.4. The fourth-order valence-electron chi connectivity index (χ4n) is 2.82. The highest BCUT2D eigenvalue weighted by Gasteiger charge is 2.25. The highest BCUT2D eigenvalue weighted by Crippen LogP contribution is 2.23. The smallest absolute Gasteiger partial charge is 0.255 e. The lowest BCUT2D eigenvalue weighted by Crippen LogP contribution is -2.06. The van der Waals surface area contributed by atoms with Crippen LogP contribution in [0.5, 0.6) is 0 Å². The third-order valence-electron chi connectivity index (χ3n) is 4.18. The van der Waals surface area contributed by atoms with E-state index in [1.165, 1.54) is 5.56 Å². The van der Waals surface area contributed by atoms with Crippen LogP contribution >= 0.6 is 0 Å². The lowest BCUT2D eigenvalue weighted by Gasteiger charge is -2.06. The molecule has 136 valence electrons. The normalized spacial score (nSPS) is 11.6. The molecule has 2 nitrogen and oxygen atoms in total. The molecule has 0 unspecified atom stereocenters. The van der Waals surface area contributed by atoms with E-state index in [0.29, 0.717) is 6.42 Å². The van der Waals surface area contributed by atoms with E-state index in [9.17, 15) is 13.2 Å². The number of halogens is 3. The second-order valence-corrected chi connectivity index (χ2v) is 6.35. The number of hydrogen-bond donors (Lipinski definition) is 0. The summed E-state index contributed by atoms with van der Waals surface area (Å²) in [6, 6.07) is 9.90. The molecule has 0 radical (unpaired) electrons. The molecule has 0 amide bonds. The highest BCUT2D eigenvalue weighted by atomic mass is 19.4. The van der Waals surface area contributed by atoms with Crippen LogP contribution in [-0.2, 0) is 6.42 Å². The van der Waals surface area contributed by atoms with Gasteiger partial charge in [-0.1, -0.05) is 38.2 Å². The van der Waals surface area contributed by atoms with Gasteiger partial charge in [-0.05, 0) is 49.1 Å². The molecule has 0 fully saturated rings. The van der Waals surface area contributed by atoms with Gasteiger partial charge in [0.25, 0.3) is 0 Å². The average Bonchev–Trinajstić information content (AvgIpc) is 2.60. The van der Waals surface area contributed by atoms with Crippen LogP contribution in [0.25, 0.3) is 11.4 Å². The van der Waals surface area contributed by atoms with Gasteiger partial charge < -0.3 is 0 Å². The van der Waals surface area contributed by atoms with Gasteiger partial charge in [-0.3, -0.25) is 9.97 Å². The number of unbranched alkanes of at least 4 members (excludes halogenated alkanes) is 6. The maximum absolute atomic E-state index is 12.0. The molecule has 0 aliphatic rings. The fraction of sp³-hybridized carbons (Fsp3) is 0.500. The molecule has 0 saturated carbocycles. The van der Waals surface area contributed by atoms with Crippen molar-refractivity contribution in [3.8, 4) is 11.4 Å². The van der Waals surface area contributed by atoms with E-state index >= 15 is 0 Å². The summed E-state index contributed by atoms with van der Waals surface area (Å²) >= 11 is 0. The first-order chi connectivity index (χ1) is 12.0. The summed E-state index contributed by atoms with van der Waals surface area (Å²) in [5.41, 5.74) is 3.02. The summed E-state index contributed by atoms with van der Waals surface area (Å²) in [4.78, 5) is 8.69. The molecule has 25 heavy (non-hydrogen) atoms. The molecule has 0 aliphatic carbocycles. The van der Waals surface area contributed by atoms with Crippen molar-refractivity contribution in [2.75, 3.05) is 0 Å². The molecular weight excluding hydrogens is 325 g/mol. The van der Waals surface area contributed by atoms with Crippen molar-refractivity contribution in [3.05, 3.63) is 48.3 Å². The number of alkyl halides is 3. The topological polar surface area (TPSA) is 25.8 Å². The van der Waals surface area contributed by atoms with E-state index < -0.39 is 12.6 Å². The Labute approximate surface area is 147 Å². The van der Waals surface area contributed by atoms with Crippen LogP contribution in [0.2, 0.25) is 0 Å². The van der Waals surface area contributed by atoms with Crippen molar-refractivity contribution in [2.24, 2.45) is 0 Å². The van der Waals surface area contributed by atoms with E-state index in [-0.39, 0.29) is 6.42 Å². The molecule has 0 N–H and O–H groups in total. The Morgan fingerprint density at radius 1 is 0.720 bits per heavy atom. The second kappa shape index (κ2) is 10.2. The maximum atomic E-state index is 12.0. The molecule has 2 aromatic heterocycles. The van der Waals surface area contributed by atoms with E-state index in [4.69, 9.17) is 0 Å². The summed E-state index contributed by atoms with van der Waals surface area (Å²) in [6.07, 6.45) is 6.08. The summed E-state index contributed by atoms with van der Waals surface area (Å²) in [7, 11) is 0. The largest absolute Gasteiger partial charge is 0.389 e. The minimum Gasteiger partial charge on any atom is -0.255 e. The molecule has 0 aromatic carbocycles. The Morgan fingerprint density at radius 2 is 1.40 bits per heavy atom. The number of pyridine rings is 2. The first-order valence-corrected chi connectivity index (χ1v) is 8.98. The van der Waals surface area contributed by atoms with Crippen LogP contribution in [-0.4, -0.2) is 16.1 Å². The van der Waals surface area contributed by atoms with Crippen LogP contribution in [0.4, 0.5) is 13.2 Å². The van der Waals surface area contributed by atoms with Gasteiger partial charge >= 0.3 is 6.18 Å². The van der Waals surface area contributed by atoms with Gasteiger partial charge in [0.1, 0.15) is 0 Å². The van der Waals surface area contributed by atoms with Crippen molar-refractivity contribution in [2.45, 2.75) is 64.0 Å². The van der Waals surface area contributed by atoms with Crippen LogP contribution in [0.15, 0.2) is 42.7 Å². The number of rotatable bonds is 10. The fourth-order valence-corrected chi connectivity index (χ4v) is 2.82. The Balaban J connectivity index is 1.60. The summed E-state index contributed by atoms with van der Waals surface area (Å²) in [6.45, 7) is 0. The molecule has 0 atom stereocenters. The molecule has 2 rings (SSSR count). The Bertz CT molecular complexity index is 612. The predicted molar refractivity (Wildman–Crippen MR) is 94.2 cm³/mol. The first kappa shape index (κ1) is 19.4. The summed E-state index contributed by atoms with van der Waals surface area (Å²) in [5, 5.41) is 0. The number of nitrogens with zero attached hydrogens (tertiary/aromatic N) is 2. The van der Waals surface area contributed by atoms with E-state index in [2.05, 4.69) is 16.0 Å². The summed E-state index contributed by atoms with van der Waals surface area (Å²) < 4.78 is 36.1. The monoisotopic (exact) mass is 350 g/mol. The minimum absolute atomic E-state index is 0.261. The third kappa shape index (κ3) is 8.14. The Morgan fingerprint density at radius 3 is 2.08 bits per heavy atom. The number of hydrogen-bond acceptors (Lipinski definition) is 2. The van der Waals surface area contributed by atoms with Gasteiger partial charge in [0.15, 0.2) is 0 Å². The lowest BCUT2D eigenvalue weighted by molar-refractivity contribution is -0.135. The first-order valence-electron chi connectivity index (χ1n) is 8.98. The van der Waals surface area contributed by atoms with Crippen molar-refractivity contribution in [1.29, 1.82) is 0 Å². The van der Waals surface area contributed by atoms with Crippen LogP contribution in [0.3, 0.4) is 0 Å². The van der Waals surface area contributed by atoms with Crippen molar-refractivity contribution < 1.29 is 13.2 Å². The maximum Gasteiger partial charge on any atom is 0.389 e. The number of aryl methyl sites for hydroxylation is 1. The van der Waals surface area contributed by atoms with Gasteiger partial charge in [0.05, 0.1) is 11.4 Å². The van der Waals surface area contributed by atoms with Crippen molar-refractivity contribution in [3.63, 3.8) is 0 Å². The summed E-state index contributed by atoms with van der Waals surface area (Å²) in [5.74, 6) is 0. The quantitative estimate of drug-likeness (QED) is 0.465. The van der Waals surface area contributed by atoms with Crippen molar-refractivity contribution in [1.82, 2.24) is 9.97 Å². The molecule has 5 heteroatoms. The Hall–Kier alpha value is -1.91. The average molecular weight is 350 g/mol. The van der Waals surface area contributed by atoms with Gasteiger partial charge in [-0.25, -0.2) is 0 Å². The standard InChI is InChI=1S/C20H25F3N2/c21-20(22,23)13-8-5-3-1-2-4-6-10-17-12-15-25-19(16-17)18-11-7-9-14-24-18/h7,9,11-12,14-16H,1-6,8,10,13H2.